The quantitative estimate of drug-likeness (QED) is 0.519. The molecule has 0 nitrogen and oxygen atoms in total. The minimum absolute atomic E-state index is 0.0203. The lowest BCUT2D eigenvalue weighted by molar-refractivity contribution is 0.204. The van der Waals surface area contributed by atoms with Gasteiger partial charge in [0.25, 0.3) is 0 Å². The summed E-state index contributed by atoms with van der Waals surface area (Å²) in [6.07, 6.45) is 0. The van der Waals surface area contributed by atoms with E-state index in [4.69, 9.17) is 0 Å². The van der Waals surface area contributed by atoms with E-state index in [1.165, 1.54) is 0 Å². The minimum atomic E-state index is -0.0203. The van der Waals surface area contributed by atoms with Crippen LogP contribution in [0, 0.1) is 45.3 Å². The SMILES string of the molecule is CC(C)(C)C(C)(C)C#CC#CC(C)(C)C(C)(C)C. The summed E-state index contributed by atoms with van der Waals surface area (Å²) in [6.45, 7) is 22.0. The van der Waals surface area contributed by atoms with Gasteiger partial charge in [0.2, 0.25) is 0 Å². The Kier molecular flexibility index (Phi) is 4.77. The first-order valence-corrected chi connectivity index (χ1v) is 6.75. The molecule has 0 heterocycles. The van der Waals surface area contributed by atoms with Gasteiger partial charge >= 0.3 is 0 Å². The predicted molar refractivity (Wildman–Crippen MR) is 82.0 cm³/mol. The van der Waals surface area contributed by atoms with Crippen LogP contribution in [0.3, 0.4) is 0 Å². The van der Waals surface area contributed by atoms with Crippen LogP contribution in [-0.2, 0) is 0 Å². The molecule has 0 saturated carbocycles. The molecule has 0 N–H and O–H groups in total. The first kappa shape index (κ1) is 17.1. The lowest BCUT2D eigenvalue weighted by atomic mass is 9.69. The maximum Gasteiger partial charge on any atom is 0.0316 e. The molecular weight excluding hydrogens is 216 g/mol. The largest absolute Gasteiger partial charge is 0.0823 e. The van der Waals surface area contributed by atoms with E-state index in [0.29, 0.717) is 0 Å². The summed E-state index contributed by atoms with van der Waals surface area (Å²) in [6, 6.07) is 0. The van der Waals surface area contributed by atoms with Crippen molar-refractivity contribution in [3.05, 3.63) is 0 Å². The second-order valence-electron chi connectivity index (χ2n) is 8.25. The van der Waals surface area contributed by atoms with Gasteiger partial charge in [0.05, 0.1) is 0 Å². The summed E-state index contributed by atoms with van der Waals surface area (Å²) in [5.74, 6) is 12.7. The lowest BCUT2D eigenvalue weighted by Gasteiger charge is -2.34. The van der Waals surface area contributed by atoms with Crippen molar-refractivity contribution >= 4 is 0 Å². The third kappa shape index (κ3) is 4.42. The van der Waals surface area contributed by atoms with Gasteiger partial charge in [-0.25, -0.2) is 0 Å². The predicted octanol–water partition coefficient (Wildman–Crippen LogP) is 5.14. The maximum atomic E-state index is 3.30. The smallest absolute Gasteiger partial charge is 0.0316 e. The monoisotopic (exact) mass is 246 g/mol. The molecule has 0 amide bonds. The normalized spacial score (nSPS) is 13.2. The van der Waals surface area contributed by atoms with E-state index in [-0.39, 0.29) is 21.7 Å². The van der Waals surface area contributed by atoms with Gasteiger partial charge < -0.3 is 0 Å². The Balaban J connectivity index is 5.05. The molecule has 0 aliphatic carbocycles. The standard InChI is InChI=1S/C18H30/c1-15(2,3)17(7,8)13-11-12-14-18(9,10)16(4,5)6/h1-10H3. The molecule has 0 fully saturated rings. The van der Waals surface area contributed by atoms with E-state index in [9.17, 15) is 0 Å². The molecule has 0 spiro atoms. The summed E-state index contributed by atoms with van der Waals surface area (Å²) in [7, 11) is 0. The second kappa shape index (κ2) is 5.01. The zero-order valence-corrected chi connectivity index (χ0v) is 14.0. The molecule has 0 radical (unpaired) electrons. The van der Waals surface area contributed by atoms with Gasteiger partial charge in [0.1, 0.15) is 0 Å². The molecule has 18 heavy (non-hydrogen) atoms. The summed E-state index contributed by atoms with van der Waals surface area (Å²) >= 11 is 0. The van der Waals surface area contributed by atoms with E-state index in [1.54, 1.807) is 0 Å². The van der Waals surface area contributed by atoms with Crippen LogP contribution in [0.2, 0.25) is 0 Å². The van der Waals surface area contributed by atoms with Gasteiger partial charge in [-0.05, 0) is 50.4 Å². The van der Waals surface area contributed by atoms with Crippen molar-refractivity contribution in [3.63, 3.8) is 0 Å². The van der Waals surface area contributed by atoms with Gasteiger partial charge in [-0.2, -0.15) is 0 Å². The van der Waals surface area contributed by atoms with Gasteiger partial charge in [-0.3, -0.25) is 0 Å². The first-order chi connectivity index (χ1) is 7.71. The van der Waals surface area contributed by atoms with Crippen molar-refractivity contribution in [1.29, 1.82) is 0 Å². The van der Waals surface area contributed by atoms with Gasteiger partial charge in [0.15, 0.2) is 0 Å². The van der Waals surface area contributed by atoms with Crippen LogP contribution < -0.4 is 0 Å². The summed E-state index contributed by atoms with van der Waals surface area (Å²) in [4.78, 5) is 0. The Morgan fingerprint density at radius 3 is 0.833 bits per heavy atom. The molecule has 0 heteroatoms. The Hall–Kier alpha value is -0.880. The molecule has 0 unspecified atom stereocenters. The number of hydrogen-bond acceptors (Lipinski definition) is 0. The van der Waals surface area contributed by atoms with Crippen molar-refractivity contribution in [2.45, 2.75) is 69.2 Å². The van der Waals surface area contributed by atoms with Crippen LogP contribution in [0.25, 0.3) is 0 Å². The van der Waals surface area contributed by atoms with Crippen LogP contribution >= 0.6 is 0 Å². The van der Waals surface area contributed by atoms with Crippen LogP contribution in [0.1, 0.15) is 69.2 Å². The molecule has 0 bridgehead atoms. The lowest BCUT2D eigenvalue weighted by Crippen LogP contribution is -2.28. The van der Waals surface area contributed by atoms with Crippen molar-refractivity contribution in [3.8, 4) is 23.7 Å². The first-order valence-electron chi connectivity index (χ1n) is 6.75. The van der Waals surface area contributed by atoms with E-state index in [2.05, 4.69) is 92.9 Å². The maximum absolute atomic E-state index is 3.30. The minimum Gasteiger partial charge on any atom is -0.0823 e. The highest BCUT2D eigenvalue weighted by Gasteiger charge is 2.31. The molecular formula is C18H30. The van der Waals surface area contributed by atoms with Crippen LogP contribution in [0.5, 0.6) is 0 Å². The van der Waals surface area contributed by atoms with Crippen molar-refractivity contribution in [2.24, 2.45) is 21.7 Å². The topological polar surface area (TPSA) is 0 Å². The number of rotatable bonds is 0. The van der Waals surface area contributed by atoms with Crippen molar-refractivity contribution in [2.75, 3.05) is 0 Å². The summed E-state index contributed by atoms with van der Waals surface area (Å²) < 4.78 is 0. The molecule has 0 rings (SSSR count). The molecule has 0 aromatic heterocycles. The van der Waals surface area contributed by atoms with E-state index < -0.39 is 0 Å². The third-order valence-electron chi connectivity index (χ3n) is 4.56. The van der Waals surface area contributed by atoms with Crippen molar-refractivity contribution in [1.82, 2.24) is 0 Å². The zero-order chi connectivity index (χ0) is 14.8. The van der Waals surface area contributed by atoms with Crippen LogP contribution in [0.4, 0.5) is 0 Å². The highest BCUT2D eigenvalue weighted by molar-refractivity contribution is 5.31. The average Bonchev–Trinajstić information content (AvgIpc) is 2.08. The number of hydrogen-bond donors (Lipinski definition) is 0. The van der Waals surface area contributed by atoms with Crippen molar-refractivity contribution < 1.29 is 0 Å². The zero-order valence-electron chi connectivity index (χ0n) is 14.0. The molecule has 0 aliphatic heterocycles. The Morgan fingerprint density at radius 2 is 0.667 bits per heavy atom. The fourth-order valence-corrected chi connectivity index (χ4v) is 0.750. The van der Waals surface area contributed by atoms with E-state index in [1.807, 2.05) is 0 Å². The van der Waals surface area contributed by atoms with Gasteiger partial charge in [0, 0.05) is 10.8 Å². The fourth-order valence-electron chi connectivity index (χ4n) is 0.750. The molecule has 102 valence electrons. The fraction of sp³-hybridized carbons (Fsp3) is 0.778. The summed E-state index contributed by atoms with van der Waals surface area (Å²) in [5.41, 5.74) is 0.295. The molecule has 0 aromatic carbocycles. The second-order valence-corrected chi connectivity index (χ2v) is 8.25. The van der Waals surface area contributed by atoms with E-state index >= 15 is 0 Å². The molecule has 0 atom stereocenters. The summed E-state index contributed by atoms with van der Waals surface area (Å²) in [5, 5.41) is 0. The van der Waals surface area contributed by atoms with E-state index in [0.717, 1.165) is 0 Å². The van der Waals surface area contributed by atoms with Gasteiger partial charge in [-0.1, -0.05) is 53.4 Å². The third-order valence-corrected chi connectivity index (χ3v) is 4.56. The molecule has 0 saturated heterocycles. The van der Waals surface area contributed by atoms with Gasteiger partial charge in [-0.15, -0.1) is 0 Å². The Morgan fingerprint density at radius 1 is 0.444 bits per heavy atom. The highest BCUT2D eigenvalue weighted by atomic mass is 14.3. The van der Waals surface area contributed by atoms with Crippen LogP contribution in [-0.4, -0.2) is 0 Å². The molecule has 0 aromatic rings. The molecule has 0 aliphatic rings. The van der Waals surface area contributed by atoms with Crippen LogP contribution in [0.15, 0.2) is 0 Å². The highest BCUT2D eigenvalue weighted by Crippen LogP contribution is 2.37. The Bertz CT molecular complexity index is 355. The Labute approximate surface area is 115 Å². The average molecular weight is 246 g/mol.